The lowest BCUT2D eigenvalue weighted by molar-refractivity contribution is -0.149. The van der Waals surface area contributed by atoms with Gasteiger partial charge in [-0.1, -0.05) is 35.9 Å². The van der Waals surface area contributed by atoms with Crippen LogP contribution < -0.4 is 10.6 Å². The van der Waals surface area contributed by atoms with E-state index in [9.17, 15) is 14.4 Å². The van der Waals surface area contributed by atoms with Gasteiger partial charge >= 0.3 is 5.97 Å². The van der Waals surface area contributed by atoms with E-state index < -0.39 is 30.4 Å². The highest BCUT2D eigenvalue weighted by Gasteiger charge is 2.24. The molecule has 1 unspecified atom stereocenters. The summed E-state index contributed by atoms with van der Waals surface area (Å²) in [6.45, 7) is 3.36. The van der Waals surface area contributed by atoms with Crippen LogP contribution in [-0.2, 0) is 14.3 Å². The van der Waals surface area contributed by atoms with Crippen molar-refractivity contribution in [1.29, 1.82) is 0 Å². The first-order chi connectivity index (χ1) is 14.3. The van der Waals surface area contributed by atoms with Gasteiger partial charge in [0, 0.05) is 5.69 Å². The third-order valence-corrected chi connectivity index (χ3v) is 5.31. The number of rotatable bonds is 9. The molecule has 160 valence electrons. The average molecular weight is 449 g/mol. The van der Waals surface area contributed by atoms with Gasteiger partial charge in [-0.2, -0.15) is 11.8 Å². The molecule has 0 aliphatic carbocycles. The third kappa shape index (κ3) is 7.07. The molecule has 2 amide bonds. The predicted molar refractivity (Wildman–Crippen MR) is 121 cm³/mol. The van der Waals surface area contributed by atoms with Crippen LogP contribution in [0, 0.1) is 13.8 Å². The minimum Gasteiger partial charge on any atom is -0.454 e. The Hall–Kier alpha value is -2.51. The van der Waals surface area contributed by atoms with Gasteiger partial charge in [0.25, 0.3) is 11.8 Å². The molecule has 0 fully saturated rings. The number of hydrogen-bond acceptors (Lipinski definition) is 5. The van der Waals surface area contributed by atoms with Crippen LogP contribution >= 0.6 is 23.4 Å². The van der Waals surface area contributed by atoms with Crippen LogP contribution in [0.4, 0.5) is 5.69 Å². The summed E-state index contributed by atoms with van der Waals surface area (Å²) in [5.41, 5.74) is 2.85. The second-order valence-corrected chi connectivity index (χ2v) is 8.15. The number of aryl methyl sites for hydroxylation is 2. The Kier molecular flexibility index (Phi) is 9.20. The van der Waals surface area contributed by atoms with Gasteiger partial charge in [0.2, 0.25) is 0 Å². The first-order valence-corrected chi connectivity index (χ1v) is 11.2. The number of ether oxygens (including phenoxy) is 1. The van der Waals surface area contributed by atoms with Crippen LogP contribution in [0.15, 0.2) is 42.5 Å². The van der Waals surface area contributed by atoms with E-state index in [2.05, 4.69) is 10.6 Å². The summed E-state index contributed by atoms with van der Waals surface area (Å²) in [4.78, 5) is 37.2. The minimum absolute atomic E-state index is 0.272. The molecule has 2 rings (SSSR count). The van der Waals surface area contributed by atoms with E-state index >= 15 is 0 Å². The highest BCUT2D eigenvalue weighted by atomic mass is 35.5. The van der Waals surface area contributed by atoms with Gasteiger partial charge in [-0.3, -0.25) is 9.59 Å². The van der Waals surface area contributed by atoms with Gasteiger partial charge in [0.15, 0.2) is 6.61 Å². The summed E-state index contributed by atoms with van der Waals surface area (Å²) in [6.07, 6.45) is 2.27. The van der Waals surface area contributed by atoms with Crippen molar-refractivity contribution in [3.63, 3.8) is 0 Å². The Bertz CT molecular complexity index is 920. The summed E-state index contributed by atoms with van der Waals surface area (Å²) < 4.78 is 5.16. The summed E-state index contributed by atoms with van der Waals surface area (Å²) in [7, 11) is 0. The molecular formula is C22H25ClN2O4S. The zero-order valence-electron chi connectivity index (χ0n) is 17.2. The molecule has 2 aromatic rings. The zero-order valence-corrected chi connectivity index (χ0v) is 18.7. The van der Waals surface area contributed by atoms with Crippen LogP contribution in [-0.4, -0.2) is 42.4 Å². The quantitative estimate of drug-likeness (QED) is 0.566. The minimum atomic E-state index is -0.880. The number of amides is 2. The average Bonchev–Trinajstić information content (AvgIpc) is 2.72. The summed E-state index contributed by atoms with van der Waals surface area (Å²) in [6, 6.07) is 11.4. The summed E-state index contributed by atoms with van der Waals surface area (Å²) in [5, 5.41) is 5.68. The fourth-order valence-electron chi connectivity index (χ4n) is 2.66. The number of nitrogens with one attached hydrogen (secondary N) is 2. The van der Waals surface area contributed by atoms with Crippen LogP contribution in [0.5, 0.6) is 0 Å². The molecule has 30 heavy (non-hydrogen) atoms. The topological polar surface area (TPSA) is 84.5 Å². The van der Waals surface area contributed by atoms with E-state index in [0.29, 0.717) is 22.9 Å². The summed E-state index contributed by atoms with van der Waals surface area (Å²) in [5.74, 6) is -0.945. The van der Waals surface area contributed by atoms with Crippen molar-refractivity contribution in [2.45, 2.75) is 26.3 Å². The fraction of sp³-hybridized carbons (Fsp3) is 0.318. The number of halogens is 1. The Morgan fingerprint density at radius 2 is 1.87 bits per heavy atom. The van der Waals surface area contributed by atoms with Crippen molar-refractivity contribution in [2.75, 3.05) is 23.9 Å². The van der Waals surface area contributed by atoms with E-state index in [-0.39, 0.29) is 5.56 Å². The number of esters is 1. The number of thioether (sulfide) groups is 1. The molecule has 0 spiro atoms. The van der Waals surface area contributed by atoms with Crippen LogP contribution in [0.3, 0.4) is 0 Å². The molecule has 0 aliphatic rings. The standard InChI is InChI=1S/C22H25ClN2O4S/c1-14-8-9-15(2)19(12-14)24-20(26)13-29-22(28)18(10-11-30-3)25-21(27)16-6-4-5-7-17(16)23/h4-9,12,18H,10-11,13H2,1-3H3,(H,24,26)(H,25,27). The van der Waals surface area contributed by atoms with E-state index in [0.717, 1.165) is 11.1 Å². The van der Waals surface area contributed by atoms with Crippen molar-refractivity contribution in [3.05, 3.63) is 64.2 Å². The Labute approximate surface area is 185 Å². The van der Waals surface area contributed by atoms with Gasteiger partial charge in [0.05, 0.1) is 10.6 Å². The normalized spacial score (nSPS) is 11.5. The molecule has 0 aromatic heterocycles. The van der Waals surface area contributed by atoms with Crippen LogP contribution in [0.25, 0.3) is 0 Å². The molecule has 8 heteroatoms. The van der Waals surface area contributed by atoms with E-state index in [1.165, 1.54) is 11.8 Å². The van der Waals surface area contributed by atoms with Crippen molar-refractivity contribution in [2.24, 2.45) is 0 Å². The first-order valence-electron chi connectivity index (χ1n) is 9.40. The fourth-order valence-corrected chi connectivity index (χ4v) is 3.35. The van der Waals surface area contributed by atoms with E-state index in [1.807, 2.05) is 38.3 Å². The molecular weight excluding hydrogens is 424 g/mol. The summed E-state index contributed by atoms with van der Waals surface area (Å²) >= 11 is 7.59. The lowest BCUT2D eigenvalue weighted by Gasteiger charge is -2.18. The van der Waals surface area contributed by atoms with Gasteiger partial charge < -0.3 is 15.4 Å². The number of benzene rings is 2. The molecule has 0 saturated carbocycles. The molecule has 1 atom stereocenters. The lowest BCUT2D eigenvalue weighted by Crippen LogP contribution is -2.43. The second-order valence-electron chi connectivity index (χ2n) is 6.76. The Morgan fingerprint density at radius 1 is 1.13 bits per heavy atom. The highest BCUT2D eigenvalue weighted by Crippen LogP contribution is 2.17. The van der Waals surface area contributed by atoms with Crippen molar-refractivity contribution in [3.8, 4) is 0 Å². The molecule has 0 saturated heterocycles. The number of carbonyl (C=O) groups excluding carboxylic acids is 3. The van der Waals surface area contributed by atoms with Crippen molar-refractivity contribution >= 4 is 46.8 Å². The van der Waals surface area contributed by atoms with Crippen molar-refractivity contribution in [1.82, 2.24) is 5.32 Å². The van der Waals surface area contributed by atoms with E-state index in [4.69, 9.17) is 16.3 Å². The van der Waals surface area contributed by atoms with Crippen LogP contribution in [0.2, 0.25) is 5.02 Å². The monoisotopic (exact) mass is 448 g/mol. The van der Waals surface area contributed by atoms with E-state index in [1.54, 1.807) is 24.3 Å². The second kappa shape index (κ2) is 11.6. The Balaban J connectivity index is 1.97. The Morgan fingerprint density at radius 3 is 2.57 bits per heavy atom. The number of hydrogen-bond donors (Lipinski definition) is 2. The maximum Gasteiger partial charge on any atom is 0.329 e. The van der Waals surface area contributed by atoms with Gasteiger partial charge in [-0.15, -0.1) is 0 Å². The SMILES string of the molecule is CSCCC(NC(=O)c1ccccc1Cl)C(=O)OCC(=O)Nc1cc(C)ccc1C. The maximum absolute atomic E-state index is 12.5. The molecule has 6 nitrogen and oxygen atoms in total. The van der Waals surface area contributed by atoms with Gasteiger partial charge in [-0.05, 0) is 61.6 Å². The predicted octanol–water partition coefficient (Wildman–Crippen LogP) is 3.99. The molecule has 2 aromatic carbocycles. The third-order valence-electron chi connectivity index (χ3n) is 4.33. The molecule has 0 bridgehead atoms. The highest BCUT2D eigenvalue weighted by molar-refractivity contribution is 7.98. The largest absolute Gasteiger partial charge is 0.454 e. The van der Waals surface area contributed by atoms with Crippen molar-refractivity contribution < 1.29 is 19.1 Å². The molecule has 0 heterocycles. The first kappa shape index (κ1) is 23.8. The van der Waals surface area contributed by atoms with Crippen LogP contribution in [0.1, 0.15) is 27.9 Å². The number of anilines is 1. The number of carbonyl (C=O) groups is 3. The van der Waals surface area contributed by atoms with Gasteiger partial charge in [0.1, 0.15) is 6.04 Å². The van der Waals surface area contributed by atoms with Gasteiger partial charge in [-0.25, -0.2) is 4.79 Å². The smallest absolute Gasteiger partial charge is 0.329 e. The molecule has 0 aliphatic heterocycles. The lowest BCUT2D eigenvalue weighted by atomic mass is 10.1. The molecule has 0 radical (unpaired) electrons. The zero-order chi connectivity index (χ0) is 22.1. The molecule has 2 N–H and O–H groups in total. The maximum atomic E-state index is 12.5.